The van der Waals surface area contributed by atoms with Crippen LogP contribution < -0.4 is 10.6 Å². The molecule has 0 aliphatic carbocycles. The van der Waals surface area contributed by atoms with Crippen molar-refractivity contribution in [1.29, 1.82) is 5.26 Å². The number of anilines is 2. The first-order valence-corrected chi connectivity index (χ1v) is 6.87. The van der Waals surface area contributed by atoms with Gasteiger partial charge in [0.2, 0.25) is 0 Å². The molecule has 1 unspecified atom stereocenters. The van der Waals surface area contributed by atoms with Crippen molar-refractivity contribution in [2.75, 3.05) is 17.2 Å². The van der Waals surface area contributed by atoms with E-state index >= 15 is 0 Å². The number of nitrogen functional groups attached to an aromatic ring is 1. The van der Waals surface area contributed by atoms with Crippen LogP contribution in [-0.4, -0.2) is 6.54 Å². The van der Waals surface area contributed by atoms with Crippen molar-refractivity contribution >= 4 is 11.4 Å². The van der Waals surface area contributed by atoms with Gasteiger partial charge in [-0.1, -0.05) is 42.5 Å². The molecule has 2 aromatic carbocycles. The van der Waals surface area contributed by atoms with E-state index in [2.05, 4.69) is 29.2 Å². The zero-order valence-electron chi connectivity index (χ0n) is 11.3. The predicted octanol–water partition coefficient (Wildman–Crippen LogP) is 3.29. The van der Waals surface area contributed by atoms with E-state index in [0.717, 1.165) is 24.3 Å². The minimum Gasteiger partial charge on any atom is -0.397 e. The van der Waals surface area contributed by atoms with E-state index in [1.807, 2.05) is 30.3 Å². The van der Waals surface area contributed by atoms with Crippen molar-refractivity contribution in [3.05, 3.63) is 59.7 Å². The van der Waals surface area contributed by atoms with Crippen LogP contribution in [0.15, 0.2) is 48.5 Å². The van der Waals surface area contributed by atoms with E-state index in [1.165, 1.54) is 11.1 Å². The second-order valence-corrected chi connectivity index (χ2v) is 5.09. The number of nitrogens with two attached hydrogens (primary N) is 1. The number of hydrogen-bond acceptors (Lipinski definition) is 3. The molecule has 0 fully saturated rings. The maximum absolute atomic E-state index is 9.17. The lowest BCUT2D eigenvalue weighted by molar-refractivity contribution is 0.654. The van der Waals surface area contributed by atoms with Crippen molar-refractivity contribution in [2.24, 2.45) is 0 Å². The molecule has 1 aliphatic heterocycles. The van der Waals surface area contributed by atoms with E-state index in [0.29, 0.717) is 6.42 Å². The minimum atomic E-state index is 0.0761. The highest BCUT2D eigenvalue weighted by atomic mass is 15.2. The van der Waals surface area contributed by atoms with E-state index in [1.54, 1.807) is 0 Å². The lowest BCUT2D eigenvalue weighted by Crippen LogP contribution is -2.27. The van der Waals surface area contributed by atoms with Gasteiger partial charge in [0.25, 0.3) is 0 Å². The zero-order chi connectivity index (χ0) is 13.9. The number of hydrogen-bond donors (Lipinski definition) is 1. The van der Waals surface area contributed by atoms with E-state index < -0.39 is 0 Å². The number of nitriles is 1. The topological polar surface area (TPSA) is 53.0 Å². The Kier molecular flexibility index (Phi) is 3.30. The average Bonchev–Trinajstić information content (AvgIpc) is 2.91. The van der Waals surface area contributed by atoms with Crippen LogP contribution in [0.2, 0.25) is 0 Å². The van der Waals surface area contributed by atoms with Crippen molar-refractivity contribution < 1.29 is 0 Å². The summed E-state index contributed by atoms with van der Waals surface area (Å²) in [6.45, 7) is 0.921. The Hall–Kier alpha value is -2.47. The second-order valence-electron chi connectivity index (χ2n) is 5.09. The molecule has 20 heavy (non-hydrogen) atoms. The summed E-state index contributed by atoms with van der Waals surface area (Å²) < 4.78 is 0. The monoisotopic (exact) mass is 263 g/mol. The lowest BCUT2D eigenvalue weighted by Gasteiger charge is -2.30. The van der Waals surface area contributed by atoms with Gasteiger partial charge in [0.05, 0.1) is 29.9 Å². The summed E-state index contributed by atoms with van der Waals surface area (Å²) in [5.74, 6) is 0. The van der Waals surface area contributed by atoms with Gasteiger partial charge in [-0.15, -0.1) is 0 Å². The highest BCUT2D eigenvalue weighted by Crippen LogP contribution is 2.40. The Morgan fingerprint density at radius 1 is 1.15 bits per heavy atom. The molecule has 3 nitrogen and oxygen atoms in total. The summed E-state index contributed by atoms with van der Waals surface area (Å²) in [7, 11) is 0. The molecule has 0 saturated heterocycles. The molecule has 1 atom stereocenters. The third-order valence-electron chi connectivity index (χ3n) is 3.91. The van der Waals surface area contributed by atoms with Crippen LogP contribution in [0.4, 0.5) is 11.4 Å². The molecular weight excluding hydrogens is 246 g/mol. The van der Waals surface area contributed by atoms with Gasteiger partial charge in [0.15, 0.2) is 0 Å². The van der Waals surface area contributed by atoms with Gasteiger partial charge in [0.1, 0.15) is 0 Å². The minimum absolute atomic E-state index is 0.0761. The van der Waals surface area contributed by atoms with Gasteiger partial charge in [-0.05, 0) is 23.6 Å². The molecule has 0 spiro atoms. The molecule has 1 aliphatic rings. The molecule has 100 valence electrons. The molecule has 2 N–H and O–H groups in total. The maximum atomic E-state index is 9.17. The Bertz CT molecular complexity index is 643. The van der Waals surface area contributed by atoms with Crippen molar-refractivity contribution in [2.45, 2.75) is 18.9 Å². The summed E-state index contributed by atoms with van der Waals surface area (Å²) in [4.78, 5) is 2.28. The molecular formula is C17H17N3. The normalized spacial score (nSPS) is 14.7. The average molecular weight is 263 g/mol. The van der Waals surface area contributed by atoms with Gasteiger partial charge >= 0.3 is 0 Å². The number of fused-ring (bicyclic) bond motifs is 1. The molecule has 2 aromatic rings. The van der Waals surface area contributed by atoms with Crippen LogP contribution in [0.3, 0.4) is 0 Å². The molecule has 0 amide bonds. The Labute approximate surface area is 119 Å². The Morgan fingerprint density at radius 3 is 2.70 bits per heavy atom. The molecule has 0 bridgehead atoms. The first kappa shape index (κ1) is 12.6. The zero-order valence-corrected chi connectivity index (χ0v) is 11.3. The van der Waals surface area contributed by atoms with Crippen LogP contribution in [0.1, 0.15) is 23.6 Å². The molecule has 0 aromatic heterocycles. The van der Waals surface area contributed by atoms with Crippen LogP contribution in [0.5, 0.6) is 0 Å². The van der Waals surface area contributed by atoms with Crippen molar-refractivity contribution in [1.82, 2.24) is 0 Å². The fourth-order valence-corrected chi connectivity index (χ4v) is 3.00. The van der Waals surface area contributed by atoms with Gasteiger partial charge in [-0.2, -0.15) is 5.26 Å². The number of benzene rings is 2. The van der Waals surface area contributed by atoms with Crippen LogP contribution in [0.25, 0.3) is 0 Å². The SMILES string of the molecule is N#CCC(c1ccccc1)N1CCc2cccc(N)c21. The summed E-state index contributed by atoms with van der Waals surface area (Å²) >= 11 is 0. The van der Waals surface area contributed by atoms with Crippen LogP contribution >= 0.6 is 0 Å². The van der Waals surface area contributed by atoms with E-state index in [9.17, 15) is 0 Å². The first-order valence-electron chi connectivity index (χ1n) is 6.87. The molecule has 0 saturated carbocycles. The summed E-state index contributed by atoms with van der Waals surface area (Å²) in [6, 6.07) is 18.6. The Balaban J connectivity index is 2.02. The summed E-state index contributed by atoms with van der Waals surface area (Å²) in [6.07, 6.45) is 1.47. The number of rotatable bonds is 3. The third kappa shape index (κ3) is 2.10. The summed E-state index contributed by atoms with van der Waals surface area (Å²) in [5.41, 5.74) is 10.5. The molecule has 1 heterocycles. The fourth-order valence-electron chi connectivity index (χ4n) is 3.00. The summed E-state index contributed by atoms with van der Waals surface area (Å²) in [5, 5.41) is 9.17. The highest BCUT2D eigenvalue weighted by molar-refractivity contribution is 5.74. The highest BCUT2D eigenvalue weighted by Gasteiger charge is 2.28. The quantitative estimate of drug-likeness (QED) is 0.864. The second kappa shape index (κ2) is 5.26. The van der Waals surface area contributed by atoms with Crippen molar-refractivity contribution in [3.63, 3.8) is 0 Å². The fraction of sp³-hybridized carbons (Fsp3) is 0.235. The van der Waals surface area contributed by atoms with Gasteiger partial charge < -0.3 is 10.6 Å². The van der Waals surface area contributed by atoms with Gasteiger partial charge in [-0.25, -0.2) is 0 Å². The first-order chi connectivity index (χ1) is 9.81. The third-order valence-corrected chi connectivity index (χ3v) is 3.91. The molecule has 0 radical (unpaired) electrons. The standard InChI is InChI=1S/C17H17N3/c18-11-9-16(13-5-2-1-3-6-13)20-12-10-14-7-4-8-15(19)17(14)20/h1-8,16H,9-10,12,19H2. The number of nitrogens with zero attached hydrogens (tertiary/aromatic N) is 2. The van der Waals surface area contributed by atoms with Crippen LogP contribution in [-0.2, 0) is 6.42 Å². The number of para-hydroxylation sites is 1. The molecule has 3 heteroatoms. The predicted molar refractivity (Wildman–Crippen MR) is 81.3 cm³/mol. The van der Waals surface area contributed by atoms with Gasteiger partial charge in [0, 0.05) is 6.54 Å². The lowest BCUT2D eigenvalue weighted by atomic mass is 10.0. The van der Waals surface area contributed by atoms with Crippen molar-refractivity contribution in [3.8, 4) is 6.07 Å². The van der Waals surface area contributed by atoms with E-state index in [-0.39, 0.29) is 6.04 Å². The smallest absolute Gasteiger partial charge is 0.0673 e. The van der Waals surface area contributed by atoms with Gasteiger partial charge in [-0.3, -0.25) is 0 Å². The molecule has 3 rings (SSSR count). The largest absolute Gasteiger partial charge is 0.397 e. The van der Waals surface area contributed by atoms with E-state index in [4.69, 9.17) is 11.0 Å². The maximum Gasteiger partial charge on any atom is 0.0673 e. The Morgan fingerprint density at radius 2 is 1.95 bits per heavy atom. The van der Waals surface area contributed by atoms with Crippen LogP contribution in [0, 0.1) is 11.3 Å².